The lowest BCUT2D eigenvalue weighted by Gasteiger charge is -2.69. The first-order valence-corrected chi connectivity index (χ1v) is 8.61. The minimum absolute atomic E-state index is 0.159. The molecule has 1 aromatic carbocycles. The highest BCUT2D eigenvalue weighted by Gasteiger charge is 2.70. The number of nitrogens with zero attached hydrogens (tertiary/aromatic N) is 3. The second-order valence-corrected chi connectivity index (χ2v) is 7.93. The maximum atomic E-state index is 13.6. The van der Waals surface area contributed by atoms with Crippen molar-refractivity contribution < 1.29 is 13.5 Å². The molecule has 0 saturated heterocycles. The molecule has 1 aromatic heterocycles. The number of halogens is 2. The van der Waals surface area contributed by atoms with Crippen molar-refractivity contribution >= 4 is 0 Å². The quantitative estimate of drug-likeness (QED) is 0.853. The third-order valence-corrected chi connectivity index (χ3v) is 6.12. The van der Waals surface area contributed by atoms with E-state index in [1.165, 1.54) is 12.1 Å². The molecule has 0 unspecified atom stereocenters. The molecular weight excluding hydrogens is 328 g/mol. The van der Waals surface area contributed by atoms with Gasteiger partial charge in [-0.3, -0.25) is 4.57 Å². The Balaban J connectivity index is 1.50. The molecule has 3 saturated carbocycles. The van der Waals surface area contributed by atoms with Gasteiger partial charge in [0.2, 0.25) is 0 Å². The van der Waals surface area contributed by atoms with Gasteiger partial charge in [0.1, 0.15) is 17.5 Å². The van der Waals surface area contributed by atoms with Crippen LogP contribution in [0.4, 0.5) is 8.78 Å². The highest BCUT2D eigenvalue weighted by molar-refractivity contribution is 5.26. The lowest BCUT2D eigenvalue weighted by atomic mass is 9.39. The van der Waals surface area contributed by atoms with Crippen LogP contribution >= 0.6 is 0 Å². The predicted octanol–water partition coefficient (Wildman–Crippen LogP) is 2.38. The van der Waals surface area contributed by atoms with Crippen LogP contribution in [0.15, 0.2) is 23.0 Å². The van der Waals surface area contributed by atoms with E-state index < -0.39 is 11.6 Å². The van der Waals surface area contributed by atoms with Crippen LogP contribution in [0.5, 0.6) is 0 Å². The van der Waals surface area contributed by atoms with E-state index in [2.05, 4.69) is 5.10 Å². The van der Waals surface area contributed by atoms with E-state index in [-0.39, 0.29) is 22.7 Å². The maximum absolute atomic E-state index is 13.6. The van der Waals surface area contributed by atoms with Crippen molar-refractivity contribution in [1.82, 2.24) is 14.3 Å². The van der Waals surface area contributed by atoms with Crippen LogP contribution in [0.25, 0.3) is 0 Å². The molecule has 6 rings (SSSR count). The van der Waals surface area contributed by atoms with Gasteiger partial charge in [-0.15, -0.1) is 0 Å². The molecule has 4 aliphatic rings. The van der Waals surface area contributed by atoms with Gasteiger partial charge in [0, 0.05) is 25.0 Å². The molecular formula is C18H19F2N3O2. The van der Waals surface area contributed by atoms with Crippen LogP contribution in [0, 0.1) is 17.0 Å². The normalized spacial score (nSPS) is 32.2. The van der Waals surface area contributed by atoms with Crippen LogP contribution in [0.2, 0.25) is 0 Å². The van der Waals surface area contributed by atoms with Crippen molar-refractivity contribution in [2.24, 2.45) is 5.41 Å². The zero-order valence-corrected chi connectivity index (χ0v) is 14.0. The Labute approximate surface area is 143 Å². The van der Waals surface area contributed by atoms with Crippen molar-refractivity contribution in [3.63, 3.8) is 0 Å². The van der Waals surface area contributed by atoms with Crippen molar-refractivity contribution in [1.29, 1.82) is 0 Å². The van der Waals surface area contributed by atoms with Gasteiger partial charge in [0.15, 0.2) is 0 Å². The van der Waals surface area contributed by atoms with E-state index in [9.17, 15) is 13.6 Å². The van der Waals surface area contributed by atoms with Crippen molar-refractivity contribution in [3.05, 3.63) is 51.7 Å². The number of aryl methyl sites for hydroxylation is 1. The van der Waals surface area contributed by atoms with Gasteiger partial charge in [-0.25, -0.2) is 18.3 Å². The van der Waals surface area contributed by atoms with Crippen LogP contribution in [-0.4, -0.2) is 28.1 Å². The van der Waals surface area contributed by atoms with Crippen LogP contribution in [0.3, 0.4) is 0 Å². The summed E-state index contributed by atoms with van der Waals surface area (Å²) in [6, 6.07) is 3.12. The van der Waals surface area contributed by atoms with Gasteiger partial charge >= 0.3 is 5.69 Å². The summed E-state index contributed by atoms with van der Waals surface area (Å²) in [5.74, 6) is -0.528. The lowest BCUT2D eigenvalue weighted by molar-refractivity contribution is -0.219. The summed E-state index contributed by atoms with van der Waals surface area (Å²) in [6.45, 7) is 0.724. The monoisotopic (exact) mass is 347 g/mol. The standard InChI is InChI=1S/C18H19F2N3O2/c1-25-10-17-7-18(8-17,9-17)23-16(24)22-14(2-3-15(22)21-23)11-4-12(19)6-13(20)5-11/h4-6,14H,2-3,7-10H2,1H3/t14-,17?,18?/m0/s1. The molecule has 0 amide bonds. The molecule has 2 aromatic rings. The summed E-state index contributed by atoms with van der Waals surface area (Å²) in [5.41, 5.74) is 0.372. The molecule has 1 aliphatic heterocycles. The molecule has 2 bridgehead atoms. The van der Waals surface area contributed by atoms with E-state index in [0.717, 1.165) is 31.9 Å². The van der Waals surface area contributed by atoms with Gasteiger partial charge in [-0.2, -0.15) is 5.10 Å². The number of rotatable bonds is 4. The molecule has 0 radical (unpaired) electrons. The number of aromatic nitrogens is 3. The minimum atomic E-state index is -0.621. The van der Waals surface area contributed by atoms with Crippen LogP contribution in [-0.2, 0) is 16.7 Å². The zero-order valence-electron chi connectivity index (χ0n) is 14.0. The smallest absolute Gasteiger partial charge is 0.347 e. The van der Waals surface area contributed by atoms with Gasteiger partial charge in [0.25, 0.3) is 0 Å². The SMILES string of the molecule is COCC12CC(n3nc4n(c3=O)[C@H](c3cc(F)cc(F)c3)CC4)(C1)C2. The number of benzene rings is 1. The molecule has 0 N–H and O–H groups in total. The maximum Gasteiger partial charge on any atom is 0.347 e. The van der Waals surface area contributed by atoms with Gasteiger partial charge in [-0.1, -0.05) is 0 Å². The van der Waals surface area contributed by atoms with Crippen molar-refractivity contribution in [2.45, 2.75) is 43.7 Å². The van der Waals surface area contributed by atoms with E-state index in [4.69, 9.17) is 4.74 Å². The van der Waals surface area contributed by atoms with Crippen molar-refractivity contribution in [2.75, 3.05) is 13.7 Å². The number of hydrogen-bond donors (Lipinski definition) is 0. The molecule has 0 spiro atoms. The Morgan fingerprint density at radius 3 is 2.56 bits per heavy atom. The molecule has 2 heterocycles. The molecule has 1 atom stereocenters. The predicted molar refractivity (Wildman–Crippen MR) is 85.4 cm³/mol. The average Bonchev–Trinajstić information content (AvgIpc) is 3.01. The summed E-state index contributed by atoms with van der Waals surface area (Å²) in [5, 5.41) is 4.57. The molecule has 3 aliphatic carbocycles. The second-order valence-electron chi connectivity index (χ2n) is 7.93. The van der Waals surface area contributed by atoms with Crippen molar-refractivity contribution in [3.8, 4) is 0 Å². The highest BCUT2D eigenvalue weighted by atomic mass is 19.1. The van der Waals surface area contributed by atoms with Gasteiger partial charge in [0.05, 0.1) is 18.2 Å². The Kier molecular flexibility index (Phi) is 2.92. The number of hydrogen-bond acceptors (Lipinski definition) is 3. The largest absolute Gasteiger partial charge is 0.384 e. The first-order chi connectivity index (χ1) is 12.0. The lowest BCUT2D eigenvalue weighted by Crippen LogP contribution is -2.71. The molecule has 5 nitrogen and oxygen atoms in total. The topological polar surface area (TPSA) is 49.0 Å². The summed E-state index contributed by atoms with van der Waals surface area (Å²) in [6.07, 6.45) is 4.04. The average molecular weight is 347 g/mol. The van der Waals surface area contributed by atoms with Gasteiger partial charge in [-0.05, 0) is 43.4 Å². The molecule has 25 heavy (non-hydrogen) atoms. The van der Waals surface area contributed by atoms with E-state index in [1.54, 1.807) is 16.4 Å². The second kappa shape index (κ2) is 4.78. The molecule has 7 heteroatoms. The third-order valence-electron chi connectivity index (χ3n) is 6.12. The Morgan fingerprint density at radius 1 is 1.24 bits per heavy atom. The molecule has 132 valence electrons. The fraction of sp³-hybridized carbons (Fsp3) is 0.556. The molecule has 3 fully saturated rings. The van der Waals surface area contributed by atoms with E-state index in [0.29, 0.717) is 24.2 Å². The van der Waals surface area contributed by atoms with E-state index >= 15 is 0 Å². The number of fused-ring (bicyclic) bond motifs is 1. The summed E-state index contributed by atoms with van der Waals surface area (Å²) in [7, 11) is 1.70. The van der Waals surface area contributed by atoms with E-state index in [1.807, 2.05) is 0 Å². The highest BCUT2D eigenvalue weighted by Crippen LogP contribution is 2.70. The fourth-order valence-electron chi connectivity index (χ4n) is 5.31. The third kappa shape index (κ3) is 1.96. The fourth-order valence-corrected chi connectivity index (χ4v) is 5.31. The summed E-state index contributed by atoms with van der Waals surface area (Å²) in [4.78, 5) is 13.0. The Hall–Kier alpha value is -2.02. The Bertz CT molecular complexity index is 893. The first kappa shape index (κ1) is 15.3. The Morgan fingerprint density at radius 2 is 1.92 bits per heavy atom. The van der Waals surface area contributed by atoms with Gasteiger partial charge < -0.3 is 4.74 Å². The number of ether oxygens (including phenoxy) is 1. The van der Waals surface area contributed by atoms with Crippen LogP contribution < -0.4 is 5.69 Å². The summed E-state index contributed by atoms with van der Waals surface area (Å²) < 4.78 is 35.7. The zero-order chi connectivity index (χ0) is 17.4. The summed E-state index contributed by atoms with van der Waals surface area (Å²) >= 11 is 0. The minimum Gasteiger partial charge on any atom is -0.384 e. The first-order valence-electron chi connectivity index (χ1n) is 8.61. The number of methoxy groups -OCH3 is 1. The van der Waals surface area contributed by atoms with Crippen LogP contribution in [0.1, 0.15) is 43.1 Å².